The van der Waals surface area contributed by atoms with E-state index < -0.39 is 0 Å². The molecule has 3 aromatic carbocycles. The molecule has 1 aliphatic heterocycles. The highest BCUT2D eigenvalue weighted by Gasteiger charge is 2.19. The van der Waals surface area contributed by atoms with Crippen molar-refractivity contribution in [2.24, 2.45) is 0 Å². The summed E-state index contributed by atoms with van der Waals surface area (Å²) < 4.78 is 0. The molecule has 0 N–H and O–H groups in total. The number of rotatable bonds is 9. The molecule has 3 heterocycles. The van der Waals surface area contributed by atoms with Gasteiger partial charge in [0.25, 0.3) is 0 Å². The predicted molar refractivity (Wildman–Crippen MR) is 160 cm³/mol. The number of carbonyl (C=O) groups is 1. The SMILES string of the molecule is O=C(CCc1ccccc1)Cc1ccc(-c2ccc3ncc(N4CCN(Cc5cccnc5)CC4)nc3c2)cc1. The molecule has 0 unspecified atom stereocenters. The van der Waals surface area contributed by atoms with Gasteiger partial charge in [-0.2, -0.15) is 0 Å². The van der Waals surface area contributed by atoms with Crippen LogP contribution in [0.3, 0.4) is 0 Å². The third-order valence-corrected chi connectivity index (χ3v) is 7.58. The van der Waals surface area contributed by atoms with E-state index in [0.29, 0.717) is 12.8 Å². The first-order valence-electron chi connectivity index (χ1n) is 14.0. The summed E-state index contributed by atoms with van der Waals surface area (Å²) in [5.41, 5.74) is 7.50. The van der Waals surface area contributed by atoms with Crippen LogP contribution in [-0.2, 0) is 24.2 Å². The number of aryl methyl sites for hydroxylation is 1. The first-order chi connectivity index (χ1) is 19.7. The summed E-state index contributed by atoms with van der Waals surface area (Å²) in [5.74, 6) is 1.19. The molecule has 0 saturated carbocycles. The van der Waals surface area contributed by atoms with Crippen LogP contribution in [0.15, 0.2) is 104 Å². The Balaban J connectivity index is 1.08. The van der Waals surface area contributed by atoms with Crippen LogP contribution in [0.1, 0.15) is 23.1 Å². The summed E-state index contributed by atoms with van der Waals surface area (Å²) in [4.78, 5) is 31.2. The number of benzene rings is 3. The predicted octanol–water partition coefficient (Wildman–Crippen LogP) is 5.76. The highest BCUT2D eigenvalue weighted by Crippen LogP contribution is 2.25. The summed E-state index contributed by atoms with van der Waals surface area (Å²) in [6.45, 7) is 4.73. The fourth-order valence-electron chi connectivity index (χ4n) is 5.28. The van der Waals surface area contributed by atoms with Crippen molar-refractivity contribution in [2.75, 3.05) is 31.1 Å². The van der Waals surface area contributed by atoms with Crippen LogP contribution >= 0.6 is 0 Å². The third kappa shape index (κ3) is 6.41. The van der Waals surface area contributed by atoms with Gasteiger partial charge in [-0.15, -0.1) is 0 Å². The maximum atomic E-state index is 12.5. The van der Waals surface area contributed by atoms with Gasteiger partial charge in [0.1, 0.15) is 11.6 Å². The van der Waals surface area contributed by atoms with Crippen LogP contribution in [0.2, 0.25) is 0 Å². The minimum Gasteiger partial charge on any atom is -0.353 e. The zero-order chi connectivity index (χ0) is 27.1. The molecule has 1 fully saturated rings. The summed E-state index contributed by atoms with van der Waals surface area (Å²) in [5, 5.41) is 0. The van der Waals surface area contributed by atoms with Gasteiger partial charge in [-0.1, -0.05) is 66.7 Å². The fraction of sp³-hybridized carbons (Fsp3) is 0.235. The maximum Gasteiger partial charge on any atom is 0.147 e. The molecular formula is C34H33N5O. The number of fused-ring (bicyclic) bond motifs is 1. The Morgan fingerprint density at radius 2 is 1.50 bits per heavy atom. The van der Waals surface area contributed by atoms with Crippen molar-refractivity contribution in [2.45, 2.75) is 25.8 Å². The molecule has 0 radical (unpaired) electrons. The van der Waals surface area contributed by atoms with Crippen molar-refractivity contribution >= 4 is 22.6 Å². The number of carbonyl (C=O) groups excluding carboxylic acids is 1. The Morgan fingerprint density at radius 1 is 0.725 bits per heavy atom. The van der Waals surface area contributed by atoms with Gasteiger partial charge in [0.05, 0.1) is 17.2 Å². The largest absolute Gasteiger partial charge is 0.353 e. The number of hydrogen-bond acceptors (Lipinski definition) is 6. The molecule has 6 rings (SSSR count). The normalized spacial score (nSPS) is 13.9. The number of Topliss-reactive ketones (excluding diaryl/α,β-unsaturated/α-hetero) is 1. The highest BCUT2D eigenvalue weighted by atomic mass is 16.1. The van der Waals surface area contributed by atoms with E-state index in [0.717, 1.165) is 72.7 Å². The lowest BCUT2D eigenvalue weighted by molar-refractivity contribution is -0.118. The van der Waals surface area contributed by atoms with Gasteiger partial charge in [-0.3, -0.25) is 19.7 Å². The summed E-state index contributed by atoms with van der Waals surface area (Å²) in [6, 6.07) is 28.9. The maximum absolute atomic E-state index is 12.5. The van der Waals surface area contributed by atoms with Crippen molar-refractivity contribution in [1.82, 2.24) is 19.9 Å². The van der Waals surface area contributed by atoms with Crippen molar-refractivity contribution in [1.29, 1.82) is 0 Å². The standard InChI is InChI=1S/C34H33N5O/c40-31(14-10-26-5-2-1-3-6-26)21-27-8-11-29(12-9-27)30-13-15-32-33(22-30)37-34(24-36-32)39-19-17-38(18-20-39)25-28-7-4-16-35-23-28/h1-9,11-13,15-16,22-24H,10,14,17-21,25H2. The van der Waals surface area contributed by atoms with Gasteiger partial charge in [-0.05, 0) is 52.4 Å². The van der Waals surface area contributed by atoms with E-state index in [-0.39, 0.29) is 5.78 Å². The third-order valence-electron chi connectivity index (χ3n) is 7.58. The zero-order valence-electron chi connectivity index (χ0n) is 22.6. The molecular weight excluding hydrogens is 494 g/mol. The second-order valence-corrected chi connectivity index (χ2v) is 10.5. The number of hydrogen-bond donors (Lipinski definition) is 0. The molecule has 6 nitrogen and oxygen atoms in total. The Labute approximate surface area is 235 Å². The van der Waals surface area contributed by atoms with Crippen molar-refractivity contribution < 1.29 is 4.79 Å². The van der Waals surface area contributed by atoms with Crippen molar-refractivity contribution in [3.05, 3.63) is 120 Å². The van der Waals surface area contributed by atoms with Crippen LogP contribution < -0.4 is 4.90 Å². The van der Waals surface area contributed by atoms with Gasteiger partial charge in [0, 0.05) is 58.0 Å². The molecule has 2 aromatic heterocycles. The number of piperazine rings is 1. The van der Waals surface area contributed by atoms with Gasteiger partial charge >= 0.3 is 0 Å². The Kier molecular flexibility index (Phi) is 7.87. The average molecular weight is 528 g/mol. The lowest BCUT2D eigenvalue weighted by Crippen LogP contribution is -2.46. The van der Waals surface area contributed by atoms with Gasteiger partial charge in [0.15, 0.2) is 0 Å². The molecule has 1 aliphatic rings. The van der Waals surface area contributed by atoms with E-state index in [4.69, 9.17) is 9.97 Å². The number of anilines is 1. The van der Waals surface area contributed by atoms with E-state index >= 15 is 0 Å². The first-order valence-corrected chi connectivity index (χ1v) is 14.0. The van der Waals surface area contributed by atoms with E-state index in [2.05, 4.69) is 69.4 Å². The molecule has 6 heteroatoms. The second-order valence-electron chi connectivity index (χ2n) is 10.5. The first kappa shape index (κ1) is 25.8. The number of nitrogens with zero attached hydrogens (tertiary/aromatic N) is 5. The summed E-state index contributed by atoms with van der Waals surface area (Å²) >= 11 is 0. The van der Waals surface area contributed by atoms with Gasteiger partial charge in [-0.25, -0.2) is 4.98 Å². The minimum absolute atomic E-state index is 0.267. The smallest absolute Gasteiger partial charge is 0.147 e. The monoisotopic (exact) mass is 527 g/mol. The molecule has 0 bridgehead atoms. The zero-order valence-corrected chi connectivity index (χ0v) is 22.6. The Hall–Kier alpha value is -4.42. The van der Waals surface area contributed by atoms with Gasteiger partial charge in [0.2, 0.25) is 0 Å². The van der Waals surface area contributed by atoms with E-state index in [1.54, 1.807) is 0 Å². The number of pyridine rings is 1. The van der Waals surface area contributed by atoms with Crippen molar-refractivity contribution in [3.8, 4) is 11.1 Å². The van der Waals surface area contributed by atoms with Crippen molar-refractivity contribution in [3.63, 3.8) is 0 Å². The Bertz CT molecular complexity index is 1560. The summed E-state index contributed by atoms with van der Waals surface area (Å²) in [6.07, 6.45) is 7.48. The van der Waals surface area contributed by atoms with E-state index in [9.17, 15) is 4.79 Å². The molecule has 40 heavy (non-hydrogen) atoms. The van der Waals surface area contributed by atoms with Crippen LogP contribution in [-0.4, -0.2) is 51.8 Å². The second kappa shape index (κ2) is 12.2. The average Bonchev–Trinajstić information content (AvgIpc) is 3.01. The number of ketones is 1. The summed E-state index contributed by atoms with van der Waals surface area (Å²) in [7, 11) is 0. The van der Waals surface area contributed by atoms with Gasteiger partial charge < -0.3 is 4.90 Å². The molecule has 0 spiro atoms. The molecule has 0 aliphatic carbocycles. The molecule has 1 saturated heterocycles. The molecule has 0 amide bonds. The minimum atomic E-state index is 0.267. The molecule has 5 aromatic rings. The lowest BCUT2D eigenvalue weighted by Gasteiger charge is -2.35. The number of aromatic nitrogens is 3. The highest BCUT2D eigenvalue weighted by molar-refractivity contribution is 5.83. The lowest BCUT2D eigenvalue weighted by atomic mass is 9.99. The fourth-order valence-corrected chi connectivity index (χ4v) is 5.28. The van der Waals surface area contributed by atoms with Crippen LogP contribution in [0.25, 0.3) is 22.2 Å². The quantitative estimate of drug-likeness (QED) is 0.243. The van der Waals surface area contributed by atoms with Crippen LogP contribution in [0.5, 0.6) is 0 Å². The Morgan fingerprint density at radius 3 is 2.27 bits per heavy atom. The van der Waals surface area contributed by atoms with Crippen LogP contribution in [0, 0.1) is 0 Å². The molecule has 0 atom stereocenters. The van der Waals surface area contributed by atoms with E-state index in [1.807, 2.05) is 48.9 Å². The molecule has 200 valence electrons. The van der Waals surface area contributed by atoms with Crippen LogP contribution in [0.4, 0.5) is 5.82 Å². The van der Waals surface area contributed by atoms with E-state index in [1.165, 1.54) is 11.1 Å². The topological polar surface area (TPSA) is 62.2 Å².